The SMILES string of the molecule is C/C(NCC12CC3(C)CC(ON)(CC1(C)C3)C2)=C(/C=N)c1ccc(-c2ccc3c(c2)N(C(=O)Nc2nc4ccccc4s2)CCN3C)nc1C(=O)O. The van der Waals surface area contributed by atoms with Gasteiger partial charge in [0.15, 0.2) is 10.8 Å². The van der Waals surface area contributed by atoms with Gasteiger partial charge in [0.05, 0.1) is 32.9 Å². The molecule has 6 N–H and O–H groups in total. The van der Waals surface area contributed by atoms with Gasteiger partial charge in [-0.2, -0.15) is 0 Å². The van der Waals surface area contributed by atoms with Gasteiger partial charge < -0.3 is 20.7 Å². The molecule has 9 rings (SSSR count). The zero-order valence-corrected chi connectivity index (χ0v) is 30.7. The molecule has 5 aliphatic rings. The number of aromatic carboxylic acids is 1. The molecule has 1 aliphatic heterocycles. The zero-order chi connectivity index (χ0) is 36.6. The van der Waals surface area contributed by atoms with E-state index in [2.05, 4.69) is 39.3 Å². The number of benzene rings is 2. The summed E-state index contributed by atoms with van der Waals surface area (Å²) in [5.41, 5.74) is 4.85. The van der Waals surface area contributed by atoms with Gasteiger partial charge >= 0.3 is 12.0 Å². The fourth-order valence-electron chi connectivity index (χ4n) is 10.4. The highest BCUT2D eigenvalue weighted by atomic mass is 32.1. The predicted molar refractivity (Wildman–Crippen MR) is 205 cm³/mol. The third-order valence-corrected chi connectivity index (χ3v) is 13.2. The number of hydrogen-bond acceptors (Lipinski definition) is 10. The molecule has 2 amide bonds. The van der Waals surface area contributed by atoms with E-state index in [-0.39, 0.29) is 33.6 Å². The Labute approximate surface area is 306 Å². The molecular formula is C39H44N8O4S. The average molecular weight is 721 g/mol. The lowest BCUT2D eigenvalue weighted by atomic mass is 9.66. The summed E-state index contributed by atoms with van der Waals surface area (Å²) in [6, 6.07) is 16.6. The summed E-state index contributed by atoms with van der Waals surface area (Å²) in [5.74, 6) is 4.70. The number of nitrogens with one attached hydrogen (secondary N) is 3. The van der Waals surface area contributed by atoms with Crippen LogP contribution in [0.3, 0.4) is 0 Å². The van der Waals surface area contributed by atoms with E-state index in [9.17, 15) is 14.7 Å². The van der Waals surface area contributed by atoms with E-state index in [1.165, 1.54) is 17.6 Å². The molecule has 0 spiro atoms. The summed E-state index contributed by atoms with van der Waals surface area (Å²) >= 11 is 1.42. The number of para-hydroxylation sites is 1. The van der Waals surface area contributed by atoms with Crippen LogP contribution >= 0.6 is 11.3 Å². The Bertz CT molecular complexity index is 2150. The Morgan fingerprint density at radius 1 is 1.04 bits per heavy atom. The van der Waals surface area contributed by atoms with Gasteiger partial charge in [0.25, 0.3) is 0 Å². The minimum absolute atomic E-state index is 0.00874. The average Bonchev–Trinajstić information content (AvgIpc) is 3.65. The monoisotopic (exact) mass is 720 g/mol. The number of carboxylic acid groups (broad SMARTS) is 1. The highest BCUT2D eigenvalue weighted by Crippen LogP contribution is 2.77. The fourth-order valence-corrected chi connectivity index (χ4v) is 11.3. The van der Waals surface area contributed by atoms with Crippen molar-refractivity contribution in [1.82, 2.24) is 15.3 Å². The van der Waals surface area contributed by atoms with Gasteiger partial charge in [0, 0.05) is 55.3 Å². The van der Waals surface area contributed by atoms with Crippen molar-refractivity contribution >= 4 is 61.8 Å². The molecule has 0 radical (unpaired) electrons. The van der Waals surface area contributed by atoms with Gasteiger partial charge in [-0.15, -0.1) is 0 Å². The second-order valence-electron chi connectivity index (χ2n) is 16.0. The Morgan fingerprint density at radius 2 is 1.85 bits per heavy atom. The molecule has 4 bridgehead atoms. The number of fused-ring (bicyclic) bond motifs is 2. The van der Waals surface area contributed by atoms with Gasteiger partial charge in [0.1, 0.15) is 0 Å². The van der Waals surface area contributed by atoms with E-state index in [4.69, 9.17) is 16.1 Å². The molecule has 2 aromatic heterocycles. The molecule has 4 saturated carbocycles. The van der Waals surface area contributed by atoms with Crippen molar-refractivity contribution in [2.24, 2.45) is 22.1 Å². The molecule has 270 valence electrons. The number of thiazole rings is 1. The number of carboxylic acids is 1. The Hall–Kier alpha value is -4.85. The van der Waals surface area contributed by atoms with Gasteiger partial charge in [-0.25, -0.2) is 25.5 Å². The van der Waals surface area contributed by atoms with E-state index in [1.54, 1.807) is 17.0 Å². The Balaban J connectivity index is 1.07. The number of rotatable bonds is 9. The van der Waals surface area contributed by atoms with Crippen molar-refractivity contribution < 1.29 is 19.5 Å². The van der Waals surface area contributed by atoms with Crippen LogP contribution in [0.2, 0.25) is 0 Å². The lowest BCUT2D eigenvalue weighted by molar-refractivity contribution is -0.111. The summed E-state index contributed by atoms with van der Waals surface area (Å²) in [5, 5.41) is 25.8. The summed E-state index contributed by atoms with van der Waals surface area (Å²) in [7, 11) is 1.98. The predicted octanol–water partition coefficient (Wildman–Crippen LogP) is 7.13. The molecule has 4 aliphatic carbocycles. The van der Waals surface area contributed by atoms with Crippen LogP contribution < -0.4 is 26.3 Å². The lowest BCUT2D eigenvalue weighted by Crippen LogP contribution is -2.46. The van der Waals surface area contributed by atoms with E-state index in [0.717, 1.165) is 53.7 Å². The zero-order valence-electron chi connectivity index (χ0n) is 29.9. The smallest absolute Gasteiger partial charge is 0.355 e. The maximum atomic E-state index is 13.6. The number of pyridine rings is 1. The van der Waals surface area contributed by atoms with Crippen LogP contribution in [-0.2, 0) is 4.84 Å². The van der Waals surface area contributed by atoms with Crippen molar-refractivity contribution in [2.45, 2.75) is 58.5 Å². The van der Waals surface area contributed by atoms with Crippen LogP contribution in [-0.4, -0.2) is 65.6 Å². The van der Waals surface area contributed by atoms with Crippen LogP contribution in [0.25, 0.3) is 27.0 Å². The number of carbonyl (C=O) groups excluding carboxylic acids is 1. The van der Waals surface area contributed by atoms with Crippen LogP contribution in [0, 0.1) is 21.7 Å². The number of amides is 2. The number of carbonyl (C=O) groups is 2. The number of aromatic nitrogens is 2. The quantitative estimate of drug-likeness (QED) is 0.0892. The molecular weight excluding hydrogens is 677 g/mol. The van der Waals surface area contributed by atoms with Gasteiger partial charge in [-0.3, -0.25) is 15.1 Å². The first-order valence-electron chi connectivity index (χ1n) is 17.7. The lowest BCUT2D eigenvalue weighted by Gasteiger charge is -2.45. The van der Waals surface area contributed by atoms with Crippen LogP contribution in [0.4, 0.5) is 21.3 Å². The van der Waals surface area contributed by atoms with E-state index in [0.29, 0.717) is 52.8 Å². The number of nitrogens with zero attached hydrogens (tertiary/aromatic N) is 4. The highest BCUT2D eigenvalue weighted by Gasteiger charge is 2.73. The third kappa shape index (κ3) is 5.44. The molecule has 3 heterocycles. The largest absolute Gasteiger partial charge is 0.476 e. The number of anilines is 3. The third-order valence-electron chi connectivity index (χ3n) is 12.2. The Morgan fingerprint density at radius 3 is 2.60 bits per heavy atom. The molecule has 0 saturated heterocycles. The van der Waals surface area contributed by atoms with Gasteiger partial charge in [0.2, 0.25) is 0 Å². The topological polar surface area (TPSA) is 170 Å². The molecule has 13 heteroatoms. The van der Waals surface area contributed by atoms with E-state index < -0.39 is 5.97 Å². The maximum absolute atomic E-state index is 13.6. The molecule has 4 aromatic rings. The second-order valence-corrected chi connectivity index (χ2v) is 17.0. The number of nitrogens with two attached hydrogens (primary N) is 1. The number of hydrogen-bond donors (Lipinski definition) is 5. The van der Waals surface area contributed by atoms with Crippen LogP contribution in [0.5, 0.6) is 0 Å². The fraction of sp³-hybridized carbons (Fsp3) is 0.410. The molecule has 4 fully saturated rings. The molecule has 2 aromatic carbocycles. The summed E-state index contributed by atoms with van der Waals surface area (Å²) in [6.45, 7) is 8.37. The number of likely N-dealkylation sites (N-methyl/N-ethyl adjacent to an activating group) is 1. The van der Waals surface area contributed by atoms with Gasteiger partial charge in [-0.05, 0) is 91.7 Å². The van der Waals surface area contributed by atoms with Crippen molar-refractivity contribution in [3.63, 3.8) is 0 Å². The van der Waals surface area contributed by atoms with Crippen LogP contribution in [0.15, 0.2) is 60.3 Å². The van der Waals surface area contributed by atoms with E-state index in [1.807, 2.05) is 56.4 Å². The highest BCUT2D eigenvalue weighted by molar-refractivity contribution is 7.22. The van der Waals surface area contributed by atoms with Crippen molar-refractivity contribution in [2.75, 3.05) is 41.8 Å². The Kier molecular flexibility index (Phi) is 7.97. The van der Waals surface area contributed by atoms with Crippen molar-refractivity contribution in [3.05, 3.63) is 71.6 Å². The normalized spacial score (nSPS) is 27.8. The molecule has 4 unspecified atom stereocenters. The van der Waals surface area contributed by atoms with Crippen LogP contribution in [0.1, 0.15) is 68.9 Å². The summed E-state index contributed by atoms with van der Waals surface area (Å²) in [4.78, 5) is 45.0. The maximum Gasteiger partial charge on any atom is 0.355 e. The first kappa shape index (κ1) is 34.2. The summed E-state index contributed by atoms with van der Waals surface area (Å²) in [6.07, 6.45) is 6.21. The second kappa shape index (κ2) is 12.1. The summed E-state index contributed by atoms with van der Waals surface area (Å²) < 4.78 is 0.987. The standard InChI is InChI=1S/C39H44N8O4S/c1-23(42-22-38-18-36(2)17-37(38,3)20-39(19-36,21-38)51-41)26(16-40)25-10-11-27(43-32(25)33(48)49)24-9-12-29-30(15-24)47(14-13-46(29)4)35(50)45-34-44-28-7-5-6-8-31(28)52-34/h5-12,15-16,40,42H,13-14,17-22,41H2,1-4H3,(H,48,49)(H,44,45,50)/b26-23+,40-16?. The molecule has 4 atom stereocenters. The minimum atomic E-state index is -1.19. The molecule has 12 nitrogen and oxygen atoms in total. The van der Waals surface area contributed by atoms with Crippen molar-refractivity contribution in [3.8, 4) is 11.3 Å². The first-order chi connectivity index (χ1) is 24.8. The first-order valence-corrected chi connectivity index (χ1v) is 18.5. The number of urea groups is 1. The number of allylic oxidation sites excluding steroid dienone is 2. The van der Waals surface area contributed by atoms with Gasteiger partial charge in [-0.1, -0.05) is 43.4 Å². The van der Waals surface area contributed by atoms with E-state index >= 15 is 0 Å². The minimum Gasteiger partial charge on any atom is -0.476 e. The molecule has 52 heavy (non-hydrogen) atoms. The van der Waals surface area contributed by atoms with Crippen molar-refractivity contribution in [1.29, 1.82) is 5.41 Å².